The van der Waals surface area contributed by atoms with Crippen molar-refractivity contribution in [3.8, 4) is 11.6 Å². The summed E-state index contributed by atoms with van der Waals surface area (Å²) in [7, 11) is 0. The van der Waals surface area contributed by atoms with E-state index in [1.54, 1.807) is 29.4 Å². The molecule has 0 saturated carbocycles. The van der Waals surface area contributed by atoms with Gasteiger partial charge in [0.1, 0.15) is 5.82 Å². The van der Waals surface area contributed by atoms with E-state index in [9.17, 15) is 9.18 Å². The van der Waals surface area contributed by atoms with Crippen LogP contribution >= 0.6 is 11.8 Å². The summed E-state index contributed by atoms with van der Waals surface area (Å²) in [5, 5.41) is 9.23. The Morgan fingerprint density at radius 1 is 1.06 bits per heavy atom. The Hall–Kier alpha value is -3.39. The number of benzene rings is 2. The van der Waals surface area contributed by atoms with Gasteiger partial charge in [0.05, 0.1) is 18.6 Å². The molecule has 0 aliphatic carbocycles. The topological polar surface area (TPSA) is 64.2 Å². The predicted octanol–water partition coefficient (Wildman–Crippen LogP) is 4.87. The Bertz CT molecular complexity index is 1130. The molecule has 0 saturated heterocycles. The maximum Gasteiger partial charge on any atom is 0.237 e. The zero-order valence-corrected chi connectivity index (χ0v) is 17.8. The van der Waals surface area contributed by atoms with Gasteiger partial charge >= 0.3 is 0 Å². The van der Waals surface area contributed by atoms with E-state index in [1.165, 1.54) is 23.9 Å². The number of carbonyl (C=O) groups is 1. The molecule has 31 heavy (non-hydrogen) atoms. The highest BCUT2D eigenvalue weighted by Gasteiger charge is 2.20. The lowest BCUT2D eigenvalue weighted by Crippen LogP contribution is -2.32. The highest BCUT2D eigenvalue weighted by atomic mass is 32.2. The van der Waals surface area contributed by atoms with Crippen LogP contribution in [-0.2, 0) is 11.3 Å². The van der Waals surface area contributed by atoms with Crippen molar-refractivity contribution in [2.45, 2.75) is 18.6 Å². The number of thioether (sulfide) groups is 1. The molecule has 2 aromatic carbocycles. The first-order valence-corrected chi connectivity index (χ1v) is 10.8. The highest BCUT2D eigenvalue weighted by Crippen LogP contribution is 2.26. The molecule has 6 nitrogen and oxygen atoms in total. The molecule has 158 valence electrons. The Morgan fingerprint density at radius 3 is 2.52 bits per heavy atom. The predicted molar refractivity (Wildman–Crippen MR) is 118 cm³/mol. The number of halogens is 1. The van der Waals surface area contributed by atoms with E-state index >= 15 is 0 Å². The van der Waals surface area contributed by atoms with Crippen molar-refractivity contribution < 1.29 is 13.6 Å². The number of furan rings is 1. The van der Waals surface area contributed by atoms with Crippen molar-refractivity contribution in [2.24, 2.45) is 0 Å². The number of hydrogen-bond donors (Lipinski definition) is 0. The third-order valence-corrected chi connectivity index (χ3v) is 5.67. The van der Waals surface area contributed by atoms with Crippen molar-refractivity contribution in [3.63, 3.8) is 0 Å². The minimum atomic E-state index is -0.332. The van der Waals surface area contributed by atoms with E-state index in [4.69, 9.17) is 4.42 Å². The molecule has 0 atom stereocenters. The lowest BCUT2D eigenvalue weighted by atomic mass is 10.2. The normalized spacial score (nSPS) is 10.9. The molecule has 0 fully saturated rings. The quantitative estimate of drug-likeness (QED) is 0.369. The van der Waals surface area contributed by atoms with Crippen LogP contribution in [0, 0.1) is 5.82 Å². The molecule has 8 heteroatoms. The molecule has 0 unspecified atom stereocenters. The van der Waals surface area contributed by atoms with Gasteiger partial charge in [-0.3, -0.25) is 9.36 Å². The summed E-state index contributed by atoms with van der Waals surface area (Å²) in [5.41, 5.74) is 1.75. The Kier molecular flexibility index (Phi) is 6.47. The molecular weight excluding hydrogens is 415 g/mol. The van der Waals surface area contributed by atoms with Crippen LogP contribution in [0.25, 0.3) is 11.6 Å². The highest BCUT2D eigenvalue weighted by molar-refractivity contribution is 7.99. The van der Waals surface area contributed by atoms with E-state index < -0.39 is 0 Å². The van der Waals surface area contributed by atoms with Crippen LogP contribution in [0.1, 0.15) is 12.5 Å². The third kappa shape index (κ3) is 4.86. The number of anilines is 1. The van der Waals surface area contributed by atoms with Gasteiger partial charge in [-0.1, -0.05) is 42.1 Å². The molecule has 2 aromatic heterocycles. The summed E-state index contributed by atoms with van der Waals surface area (Å²) in [5.74, 6) is 0.975. The maximum atomic E-state index is 13.2. The van der Waals surface area contributed by atoms with Crippen molar-refractivity contribution in [2.75, 3.05) is 17.2 Å². The standard InChI is InChI=1S/C23H21FN4O2S/c1-2-27(19-12-10-18(24)11-13-19)21(29)16-31-23-26-25-22(20-9-6-14-30-20)28(23)15-17-7-4-3-5-8-17/h3-14H,2,15-16H2,1H3. The first-order valence-electron chi connectivity index (χ1n) is 9.85. The first kappa shape index (κ1) is 20.9. The summed E-state index contributed by atoms with van der Waals surface area (Å²) in [6, 6.07) is 19.5. The van der Waals surface area contributed by atoms with Gasteiger partial charge in [0.2, 0.25) is 11.7 Å². The average Bonchev–Trinajstić information content (AvgIpc) is 3.45. The summed E-state index contributed by atoms with van der Waals surface area (Å²) in [6.45, 7) is 2.92. The summed E-state index contributed by atoms with van der Waals surface area (Å²) in [4.78, 5) is 14.5. The molecular formula is C23H21FN4O2S. The van der Waals surface area contributed by atoms with Crippen LogP contribution in [0.15, 0.2) is 82.6 Å². The van der Waals surface area contributed by atoms with Gasteiger partial charge in [0, 0.05) is 12.2 Å². The Labute approximate surface area is 183 Å². The molecule has 0 aliphatic rings. The van der Waals surface area contributed by atoms with Crippen molar-refractivity contribution in [3.05, 3.63) is 84.4 Å². The van der Waals surface area contributed by atoms with Crippen LogP contribution in [0.4, 0.5) is 10.1 Å². The van der Waals surface area contributed by atoms with Crippen LogP contribution in [-0.4, -0.2) is 33.0 Å². The number of carbonyl (C=O) groups excluding carboxylic acids is 1. The van der Waals surface area contributed by atoms with E-state index in [0.717, 1.165) is 5.56 Å². The lowest BCUT2D eigenvalue weighted by molar-refractivity contribution is -0.116. The molecule has 0 radical (unpaired) electrons. The molecule has 4 rings (SSSR count). The Balaban J connectivity index is 1.55. The van der Waals surface area contributed by atoms with E-state index in [1.807, 2.05) is 47.9 Å². The van der Waals surface area contributed by atoms with Crippen molar-refractivity contribution >= 4 is 23.4 Å². The summed E-state index contributed by atoms with van der Waals surface area (Å²) >= 11 is 1.32. The summed E-state index contributed by atoms with van der Waals surface area (Å²) < 4.78 is 20.7. The maximum absolute atomic E-state index is 13.2. The minimum Gasteiger partial charge on any atom is -0.461 e. The van der Waals surface area contributed by atoms with Gasteiger partial charge < -0.3 is 9.32 Å². The zero-order valence-electron chi connectivity index (χ0n) is 16.9. The van der Waals surface area contributed by atoms with Crippen molar-refractivity contribution in [1.82, 2.24) is 14.8 Å². The second kappa shape index (κ2) is 9.61. The second-order valence-electron chi connectivity index (χ2n) is 6.76. The monoisotopic (exact) mass is 436 g/mol. The lowest BCUT2D eigenvalue weighted by Gasteiger charge is -2.20. The number of nitrogens with zero attached hydrogens (tertiary/aromatic N) is 4. The van der Waals surface area contributed by atoms with Gasteiger partial charge in [-0.2, -0.15) is 0 Å². The first-order chi connectivity index (χ1) is 15.2. The molecule has 1 amide bonds. The smallest absolute Gasteiger partial charge is 0.237 e. The summed E-state index contributed by atoms with van der Waals surface area (Å²) in [6.07, 6.45) is 1.59. The molecule has 4 aromatic rings. The Morgan fingerprint density at radius 2 is 1.84 bits per heavy atom. The zero-order chi connectivity index (χ0) is 21.6. The van der Waals surface area contributed by atoms with Gasteiger partial charge in [0.15, 0.2) is 10.9 Å². The van der Waals surface area contributed by atoms with E-state index in [-0.39, 0.29) is 17.5 Å². The molecule has 0 N–H and O–H groups in total. The third-order valence-electron chi connectivity index (χ3n) is 4.72. The minimum absolute atomic E-state index is 0.0899. The van der Waals surface area contributed by atoms with Gasteiger partial charge in [-0.15, -0.1) is 10.2 Å². The van der Waals surface area contributed by atoms with Crippen LogP contribution in [0.5, 0.6) is 0 Å². The number of hydrogen-bond acceptors (Lipinski definition) is 5. The van der Waals surface area contributed by atoms with Crippen LogP contribution in [0.2, 0.25) is 0 Å². The van der Waals surface area contributed by atoms with Gasteiger partial charge in [-0.05, 0) is 48.9 Å². The number of aromatic nitrogens is 3. The number of rotatable bonds is 8. The number of amides is 1. The fourth-order valence-electron chi connectivity index (χ4n) is 3.22. The van der Waals surface area contributed by atoms with Gasteiger partial charge in [0.25, 0.3) is 0 Å². The van der Waals surface area contributed by atoms with Crippen LogP contribution < -0.4 is 4.90 Å². The largest absolute Gasteiger partial charge is 0.461 e. The van der Waals surface area contributed by atoms with Gasteiger partial charge in [-0.25, -0.2) is 4.39 Å². The average molecular weight is 437 g/mol. The fourth-order valence-corrected chi connectivity index (χ4v) is 4.03. The van der Waals surface area contributed by atoms with Crippen molar-refractivity contribution in [1.29, 1.82) is 0 Å². The fraction of sp³-hybridized carbons (Fsp3) is 0.174. The van der Waals surface area contributed by atoms with E-state index in [0.29, 0.717) is 35.5 Å². The van der Waals surface area contributed by atoms with E-state index in [2.05, 4.69) is 10.2 Å². The SMILES string of the molecule is CCN(C(=O)CSc1nnc(-c2ccco2)n1Cc1ccccc1)c1ccc(F)cc1. The molecule has 0 aliphatic heterocycles. The second-order valence-corrected chi connectivity index (χ2v) is 7.70. The molecule has 0 spiro atoms. The van der Waals surface area contributed by atoms with Crippen LogP contribution in [0.3, 0.4) is 0 Å². The molecule has 2 heterocycles. The molecule has 0 bridgehead atoms.